The number of unbranched alkanes of at least 4 members (excludes halogenated alkanes) is 1. The van der Waals surface area contributed by atoms with Gasteiger partial charge in [-0.25, -0.2) is 0 Å². The number of hydrogen-bond donors (Lipinski definition) is 2. The van der Waals surface area contributed by atoms with E-state index in [0.29, 0.717) is 6.04 Å². The van der Waals surface area contributed by atoms with Gasteiger partial charge in [0.05, 0.1) is 0 Å². The molecule has 1 aliphatic heterocycles. The van der Waals surface area contributed by atoms with Crippen LogP contribution in [0.1, 0.15) is 32.6 Å². The first-order valence-electron chi connectivity index (χ1n) is 7.50. The lowest BCUT2D eigenvalue weighted by molar-refractivity contribution is 0.143. The monoisotopic (exact) mass is 398 g/mol. The smallest absolute Gasteiger partial charge is 0.191 e. The number of halogens is 1. The largest absolute Gasteiger partial charge is 0.382 e. The van der Waals surface area contributed by atoms with E-state index in [2.05, 4.69) is 27.6 Å². The number of nitrogens with zero attached hydrogens (tertiary/aromatic N) is 2. The summed E-state index contributed by atoms with van der Waals surface area (Å²) in [5, 5.41) is 6.76. The minimum Gasteiger partial charge on any atom is -0.382 e. The van der Waals surface area contributed by atoms with E-state index in [4.69, 9.17) is 4.74 Å². The molecule has 5 nitrogen and oxygen atoms in total. The Bertz CT molecular complexity index is 264. The molecule has 1 aliphatic rings. The molecule has 0 aliphatic carbocycles. The molecule has 2 N–H and O–H groups in total. The summed E-state index contributed by atoms with van der Waals surface area (Å²) < 4.78 is 5.31. The van der Waals surface area contributed by atoms with Crippen molar-refractivity contribution in [2.45, 2.75) is 38.6 Å². The molecule has 0 aromatic rings. The maximum atomic E-state index is 5.31. The number of aliphatic imine (C=N–C) groups is 1. The van der Waals surface area contributed by atoms with Crippen LogP contribution in [0.3, 0.4) is 0 Å². The quantitative estimate of drug-likeness (QED) is 0.283. The van der Waals surface area contributed by atoms with Gasteiger partial charge in [0.15, 0.2) is 5.96 Å². The van der Waals surface area contributed by atoms with Crippen LogP contribution in [0.15, 0.2) is 4.99 Å². The van der Waals surface area contributed by atoms with Crippen molar-refractivity contribution in [3.05, 3.63) is 0 Å². The zero-order chi connectivity index (χ0) is 13.9. The molecule has 1 rings (SSSR count). The topological polar surface area (TPSA) is 48.9 Å². The van der Waals surface area contributed by atoms with E-state index < -0.39 is 0 Å². The molecule has 0 bridgehead atoms. The van der Waals surface area contributed by atoms with Crippen LogP contribution in [-0.4, -0.2) is 63.8 Å². The number of rotatable bonds is 8. The fraction of sp³-hybridized carbons (Fsp3) is 0.929. The van der Waals surface area contributed by atoms with Crippen molar-refractivity contribution in [3.8, 4) is 0 Å². The van der Waals surface area contributed by atoms with Crippen molar-refractivity contribution < 1.29 is 4.74 Å². The average molecular weight is 398 g/mol. The van der Waals surface area contributed by atoms with Gasteiger partial charge in [-0.05, 0) is 46.2 Å². The summed E-state index contributed by atoms with van der Waals surface area (Å²) in [5.74, 6) is 0.914. The Kier molecular flexibility index (Phi) is 12.6. The zero-order valence-electron chi connectivity index (χ0n) is 13.2. The van der Waals surface area contributed by atoms with Crippen molar-refractivity contribution in [1.82, 2.24) is 15.5 Å². The van der Waals surface area contributed by atoms with Crippen molar-refractivity contribution in [3.63, 3.8) is 0 Å². The average Bonchev–Trinajstić information content (AvgIpc) is 2.83. The molecule has 0 radical (unpaired) electrons. The number of nitrogens with one attached hydrogen (secondary N) is 2. The van der Waals surface area contributed by atoms with Gasteiger partial charge in [-0.15, -0.1) is 24.0 Å². The van der Waals surface area contributed by atoms with Crippen LogP contribution in [0.2, 0.25) is 0 Å². The minimum absolute atomic E-state index is 0. The van der Waals surface area contributed by atoms with Gasteiger partial charge >= 0.3 is 0 Å². The summed E-state index contributed by atoms with van der Waals surface area (Å²) in [7, 11) is 4.02. The van der Waals surface area contributed by atoms with E-state index in [1.807, 2.05) is 14.0 Å². The lowest BCUT2D eigenvalue weighted by atomic mass is 10.2. The van der Waals surface area contributed by atoms with E-state index in [-0.39, 0.29) is 24.0 Å². The molecule has 0 aromatic carbocycles. The van der Waals surface area contributed by atoms with Crippen LogP contribution < -0.4 is 10.6 Å². The van der Waals surface area contributed by atoms with Crippen LogP contribution >= 0.6 is 24.0 Å². The van der Waals surface area contributed by atoms with Gasteiger partial charge in [0.2, 0.25) is 0 Å². The second kappa shape index (κ2) is 12.6. The molecule has 0 spiro atoms. The standard InChI is InChI=1S/C14H30N4O.HI/c1-4-19-11-6-5-9-16-14(15-2)17-12-13-8-7-10-18(13)3;/h13H,4-12H2,1-3H3,(H2,15,16,17);1H. The number of guanidine groups is 1. The third-order valence-corrected chi connectivity index (χ3v) is 3.61. The fourth-order valence-corrected chi connectivity index (χ4v) is 2.35. The van der Waals surface area contributed by atoms with E-state index >= 15 is 0 Å². The Hall–Kier alpha value is -0.0800. The highest BCUT2D eigenvalue weighted by atomic mass is 127. The van der Waals surface area contributed by atoms with Crippen molar-refractivity contribution in [2.75, 3.05) is 46.9 Å². The normalized spacial score (nSPS) is 19.8. The van der Waals surface area contributed by atoms with Crippen LogP contribution in [0.25, 0.3) is 0 Å². The van der Waals surface area contributed by atoms with Crippen LogP contribution in [0.5, 0.6) is 0 Å². The van der Waals surface area contributed by atoms with E-state index in [1.54, 1.807) is 0 Å². The Morgan fingerprint density at radius 2 is 2.15 bits per heavy atom. The SMILES string of the molecule is CCOCCCCNC(=NC)NCC1CCCN1C.I. The van der Waals surface area contributed by atoms with Crippen molar-refractivity contribution >= 4 is 29.9 Å². The van der Waals surface area contributed by atoms with E-state index in [0.717, 1.165) is 45.1 Å². The van der Waals surface area contributed by atoms with E-state index in [1.165, 1.54) is 19.4 Å². The van der Waals surface area contributed by atoms with Gasteiger partial charge in [0, 0.05) is 39.4 Å². The summed E-state index contributed by atoms with van der Waals surface area (Å²) >= 11 is 0. The lowest BCUT2D eigenvalue weighted by Gasteiger charge is -2.21. The molecule has 1 atom stereocenters. The minimum atomic E-state index is 0. The highest BCUT2D eigenvalue weighted by Gasteiger charge is 2.20. The maximum absolute atomic E-state index is 5.31. The zero-order valence-corrected chi connectivity index (χ0v) is 15.5. The first-order valence-corrected chi connectivity index (χ1v) is 7.50. The predicted octanol–water partition coefficient (Wildman–Crippen LogP) is 1.68. The van der Waals surface area contributed by atoms with Gasteiger partial charge in [-0.2, -0.15) is 0 Å². The van der Waals surface area contributed by atoms with Crippen LogP contribution in [0.4, 0.5) is 0 Å². The molecular formula is C14H31IN4O. The molecule has 1 fully saturated rings. The molecule has 1 saturated heterocycles. The van der Waals surface area contributed by atoms with Crippen LogP contribution in [0, 0.1) is 0 Å². The molecular weight excluding hydrogens is 367 g/mol. The van der Waals surface area contributed by atoms with Crippen LogP contribution in [-0.2, 0) is 4.74 Å². The molecule has 0 amide bonds. The second-order valence-corrected chi connectivity index (χ2v) is 5.06. The third-order valence-electron chi connectivity index (χ3n) is 3.61. The highest BCUT2D eigenvalue weighted by molar-refractivity contribution is 14.0. The van der Waals surface area contributed by atoms with E-state index in [9.17, 15) is 0 Å². The second-order valence-electron chi connectivity index (χ2n) is 5.06. The van der Waals surface area contributed by atoms with Crippen molar-refractivity contribution in [2.24, 2.45) is 4.99 Å². The Morgan fingerprint density at radius 3 is 2.75 bits per heavy atom. The molecule has 20 heavy (non-hydrogen) atoms. The third kappa shape index (κ3) is 8.26. The fourth-order valence-electron chi connectivity index (χ4n) is 2.35. The summed E-state index contributed by atoms with van der Waals surface area (Å²) in [6.45, 7) is 6.85. The molecule has 1 heterocycles. The van der Waals surface area contributed by atoms with Gasteiger partial charge < -0.3 is 20.3 Å². The predicted molar refractivity (Wildman–Crippen MR) is 96.2 cm³/mol. The first kappa shape index (κ1) is 19.9. The molecule has 0 aromatic heterocycles. The van der Waals surface area contributed by atoms with Gasteiger partial charge in [-0.3, -0.25) is 4.99 Å². The Labute approximate surface area is 140 Å². The van der Waals surface area contributed by atoms with Crippen molar-refractivity contribution in [1.29, 1.82) is 0 Å². The number of likely N-dealkylation sites (tertiary alicyclic amines) is 1. The Morgan fingerprint density at radius 1 is 1.35 bits per heavy atom. The lowest BCUT2D eigenvalue weighted by Crippen LogP contribution is -2.44. The highest BCUT2D eigenvalue weighted by Crippen LogP contribution is 2.13. The van der Waals surface area contributed by atoms with Gasteiger partial charge in [0.25, 0.3) is 0 Å². The molecule has 6 heteroatoms. The number of ether oxygens (including phenoxy) is 1. The number of likely N-dealkylation sites (N-methyl/N-ethyl adjacent to an activating group) is 1. The molecule has 0 saturated carbocycles. The first-order chi connectivity index (χ1) is 9.27. The van der Waals surface area contributed by atoms with Gasteiger partial charge in [0.1, 0.15) is 0 Å². The Balaban J connectivity index is 0.00000361. The summed E-state index contributed by atoms with van der Waals surface area (Å²) in [5.41, 5.74) is 0. The summed E-state index contributed by atoms with van der Waals surface area (Å²) in [4.78, 5) is 6.67. The summed E-state index contributed by atoms with van der Waals surface area (Å²) in [6, 6.07) is 0.650. The maximum Gasteiger partial charge on any atom is 0.191 e. The molecule has 1 unspecified atom stereocenters. The van der Waals surface area contributed by atoms with Gasteiger partial charge in [-0.1, -0.05) is 0 Å². The number of hydrogen-bond acceptors (Lipinski definition) is 3. The summed E-state index contributed by atoms with van der Waals surface area (Å²) in [6.07, 6.45) is 4.81. The molecule has 120 valence electrons.